The van der Waals surface area contributed by atoms with Gasteiger partial charge in [0, 0.05) is 19.6 Å². The lowest BCUT2D eigenvalue weighted by Gasteiger charge is -2.17. The first-order valence-electron chi connectivity index (χ1n) is 3.67. The smallest absolute Gasteiger partial charge is 0.0161 e. The van der Waals surface area contributed by atoms with E-state index in [1.54, 1.807) is 0 Å². The maximum Gasteiger partial charge on any atom is 0.0161 e. The summed E-state index contributed by atoms with van der Waals surface area (Å²) in [4.78, 5) is 2.24. The highest BCUT2D eigenvalue weighted by Gasteiger charge is 1.97. The summed E-state index contributed by atoms with van der Waals surface area (Å²) in [5, 5.41) is 0. The lowest BCUT2D eigenvalue weighted by Crippen LogP contribution is -2.30. The summed E-state index contributed by atoms with van der Waals surface area (Å²) in [6.45, 7) is 11.0. The summed E-state index contributed by atoms with van der Waals surface area (Å²) in [6, 6.07) is 0. The van der Waals surface area contributed by atoms with Crippen LogP contribution in [0.25, 0.3) is 0 Å². The van der Waals surface area contributed by atoms with Gasteiger partial charge in [-0.1, -0.05) is 13.0 Å². The van der Waals surface area contributed by atoms with Crippen molar-refractivity contribution in [1.29, 1.82) is 0 Å². The zero-order valence-corrected chi connectivity index (χ0v) is 6.55. The Hall–Kier alpha value is -0.340. The van der Waals surface area contributed by atoms with Gasteiger partial charge in [0.25, 0.3) is 0 Å². The Kier molecular flexibility index (Phi) is 6.55. The van der Waals surface area contributed by atoms with Gasteiger partial charge in [0.15, 0.2) is 0 Å². The van der Waals surface area contributed by atoms with E-state index in [2.05, 4.69) is 18.4 Å². The fourth-order valence-corrected chi connectivity index (χ4v) is 0.883. The summed E-state index contributed by atoms with van der Waals surface area (Å²) in [5.41, 5.74) is 5.39. The highest BCUT2D eigenvalue weighted by molar-refractivity contribution is 4.73. The van der Waals surface area contributed by atoms with Gasteiger partial charge in [-0.2, -0.15) is 0 Å². The van der Waals surface area contributed by atoms with E-state index in [1.165, 1.54) is 0 Å². The summed E-state index contributed by atoms with van der Waals surface area (Å²) in [6.07, 6.45) is 2.83. The number of nitrogens with zero attached hydrogens (tertiary/aromatic N) is 1. The summed E-state index contributed by atoms with van der Waals surface area (Å²) >= 11 is 0. The van der Waals surface area contributed by atoms with Crippen LogP contribution < -0.4 is 5.73 Å². The van der Waals surface area contributed by atoms with Crippen LogP contribution in [0.15, 0.2) is 12.7 Å². The van der Waals surface area contributed by atoms with E-state index >= 15 is 0 Å². The predicted molar refractivity (Wildman–Crippen MR) is 45.7 cm³/mol. The molecule has 10 heavy (non-hydrogen) atoms. The Balaban J connectivity index is 3.38. The second kappa shape index (κ2) is 6.78. The average molecular weight is 141 g/mol. The standard InChI is InChI=1S/C8H17N2/c1-3-6-10(7-4-2)8-5-9/h3H,1-2,4-9H2. The lowest BCUT2D eigenvalue weighted by molar-refractivity contribution is 0.317. The Morgan fingerprint density at radius 2 is 2.10 bits per heavy atom. The maximum atomic E-state index is 5.39. The van der Waals surface area contributed by atoms with Crippen LogP contribution in [0.2, 0.25) is 0 Å². The molecule has 1 radical (unpaired) electrons. The van der Waals surface area contributed by atoms with Gasteiger partial charge in [-0.05, 0) is 13.0 Å². The molecule has 0 aromatic heterocycles. The van der Waals surface area contributed by atoms with Crippen molar-refractivity contribution in [2.24, 2.45) is 5.73 Å². The highest BCUT2D eigenvalue weighted by atomic mass is 15.1. The SMILES string of the molecule is [CH2]CCN(CC=C)CCN. The van der Waals surface area contributed by atoms with Crippen LogP contribution in [0.4, 0.5) is 0 Å². The third-order valence-corrected chi connectivity index (χ3v) is 1.31. The number of nitrogens with two attached hydrogens (primary N) is 1. The second-order valence-electron chi connectivity index (χ2n) is 2.23. The summed E-state index contributed by atoms with van der Waals surface area (Å²) in [7, 11) is 0. The van der Waals surface area contributed by atoms with Gasteiger partial charge in [-0.3, -0.25) is 4.90 Å². The molecule has 0 aliphatic carbocycles. The molecule has 0 spiro atoms. The Morgan fingerprint density at radius 3 is 2.50 bits per heavy atom. The van der Waals surface area contributed by atoms with Gasteiger partial charge in [0.2, 0.25) is 0 Å². The number of hydrogen-bond donors (Lipinski definition) is 1. The molecular formula is C8H17N2. The largest absolute Gasteiger partial charge is 0.329 e. The van der Waals surface area contributed by atoms with Gasteiger partial charge in [0.1, 0.15) is 0 Å². The zero-order chi connectivity index (χ0) is 7.82. The predicted octanol–water partition coefficient (Wildman–Crippen LogP) is 0.657. The molecule has 0 aromatic rings. The molecule has 2 nitrogen and oxygen atoms in total. The molecule has 0 saturated heterocycles. The monoisotopic (exact) mass is 141 g/mol. The lowest BCUT2D eigenvalue weighted by atomic mass is 10.4. The average Bonchev–Trinajstić information content (AvgIpc) is 1.90. The molecule has 0 aliphatic rings. The molecule has 2 heteroatoms. The normalized spacial score (nSPS) is 10.3. The van der Waals surface area contributed by atoms with Crippen LogP contribution in [0.3, 0.4) is 0 Å². The molecule has 0 heterocycles. The van der Waals surface area contributed by atoms with E-state index < -0.39 is 0 Å². The second-order valence-corrected chi connectivity index (χ2v) is 2.23. The van der Waals surface area contributed by atoms with E-state index in [4.69, 9.17) is 5.73 Å². The van der Waals surface area contributed by atoms with E-state index in [-0.39, 0.29) is 0 Å². The maximum absolute atomic E-state index is 5.39. The molecule has 0 amide bonds. The molecule has 0 saturated carbocycles. The Bertz CT molecular complexity index is 75.3. The molecule has 59 valence electrons. The molecule has 0 aliphatic heterocycles. The molecule has 0 fully saturated rings. The van der Waals surface area contributed by atoms with Crippen molar-refractivity contribution in [2.75, 3.05) is 26.2 Å². The van der Waals surface area contributed by atoms with Gasteiger partial charge in [-0.25, -0.2) is 0 Å². The first kappa shape index (κ1) is 9.66. The van der Waals surface area contributed by atoms with Crippen LogP contribution in [-0.2, 0) is 0 Å². The molecule has 2 N–H and O–H groups in total. The molecule has 0 atom stereocenters. The van der Waals surface area contributed by atoms with E-state index in [0.717, 1.165) is 26.1 Å². The number of rotatable bonds is 6. The van der Waals surface area contributed by atoms with Crippen molar-refractivity contribution in [3.63, 3.8) is 0 Å². The molecule has 0 rings (SSSR count). The fraction of sp³-hybridized carbons (Fsp3) is 0.625. The zero-order valence-electron chi connectivity index (χ0n) is 6.55. The van der Waals surface area contributed by atoms with Crippen molar-refractivity contribution in [2.45, 2.75) is 6.42 Å². The summed E-state index contributed by atoms with van der Waals surface area (Å²) in [5.74, 6) is 0. The van der Waals surface area contributed by atoms with Crippen LogP contribution in [-0.4, -0.2) is 31.1 Å². The number of hydrogen-bond acceptors (Lipinski definition) is 2. The third-order valence-electron chi connectivity index (χ3n) is 1.31. The minimum absolute atomic E-state index is 0.716. The first-order valence-corrected chi connectivity index (χ1v) is 3.67. The van der Waals surface area contributed by atoms with Gasteiger partial charge in [0.05, 0.1) is 0 Å². The quantitative estimate of drug-likeness (QED) is 0.550. The Labute approximate surface area is 63.7 Å². The van der Waals surface area contributed by atoms with Crippen LogP contribution in [0.5, 0.6) is 0 Å². The van der Waals surface area contributed by atoms with Gasteiger partial charge < -0.3 is 5.73 Å². The topological polar surface area (TPSA) is 29.3 Å². The van der Waals surface area contributed by atoms with Crippen molar-refractivity contribution in [1.82, 2.24) is 4.90 Å². The van der Waals surface area contributed by atoms with Crippen LogP contribution in [0, 0.1) is 6.92 Å². The van der Waals surface area contributed by atoms with E-state index in [1.807, 2.05) is 6.08 Å². The minimum atomic E-state index is 0.716. The van der Waals surface area contributed by atoms with Crippen LogP contribution >= 0.6 is 0 Å². The summed E-state index contributed by atoms with van der Waals surface area (Å²) < 4.78 is 0. The van der Waals surface area contributed by atoms with Gasteiger partial charge in [-0.15, -0.1) is 6.58 Å². The molecule has 0 aromatic carbocycles. The van der Waals surface area contributed by atoms with Crippen molar-refractivity contribution in [3.05, 3.63) is 19.6 Å². The third kappa shape index (κ3) is 4.53. The van der Waals surface area contributed by atoms with Crippen molar-refractivity contribution in [3.8, 4) is 0 Å². The van der Waals surface area contributed by atoms with E-state index in [0.29, 0.717) is 6.54 Å². The Morgan fingerprint density at radius 1 is 1.40 bits per heavy atom. The van der Waals surface area contributed by atoms with Gasteiger partial charge >= 0.3 is 0 Å². The first-order chi connectivity index (χ1) is 4.85. The molecule has 0 unspecified atom stereocenters. The molecule has 0 bridgehead atoms. The van der Waals surface area contributed by atoms with E-state index in [9.17, 15) is 0 Å². The molecular weight excluding hydrogens is 124 g/mol. The van der Waals surface area contributed by atoms with Crippen molar-refractivity contribution >= 4 is 0 Å². The highest BCUT2D eigenvalue weighted by Crippen LogP contribution is 1.88. The fourth-order valence-electron chi connectivity index (χ4n) is 0.883. The minimum Gasteiger partial charge on any atom is -0.329 e. The van der Waals surface area contributed by atoms with Crippen molar-refractivity contribution < 1.29 is 0 Å². The van der Waals surface area contributed by atoms with Crippen LogP contribution in [0.1, 0.15) is 6.42 Å².